The SMILES string of the molecule is Cc1cccc(C(=O)N2C[C@@H]3OCC(=O)N(C4CCOCC4)[C@H]3C2)n1. The molecule has 0 aromatic carbocycles. The zero-order valence-corrected chi connectivity index (χ0v) is 14.4. The van der Waals surface area contributed by atoms with Crippen molar-refractivity contribution in [3.63, 3.8) is 0 Å². The summed E-state index contributed by atoms with van der Waals surface area (Å²) in [5.74, 6) is -0.0720. The quantitative estimate of drug-likeness (QED) is 0.786. The van der Waals surface area contributed by atoms with E-state index in [2.05, 4.69) is 4.98 Å². The Bertz CT molecular complexity index is 674. The molecule has 0 N–H and O–H groups in total. The largest absolute Gasteiger partial charge is 0.381 e. The number of nitrogens with zero attached hydrogens (tertiary/aromatic N) is 3. The van der Waals surface area contributed by atoms with Crippen molar-refractivity contribution in [1.29, 1.82) is 0 Å². The van der Waals surface area contributed by atoms with Crippen molar-refractivity contribution < 1.29 is 19.1 Å². The van der Waals surface area contributed by atoms with Gasteiger partial charge < -0.3 is 19.3 Å². The summed E-state index contributed by atoms with van der Waals surface area (Å²) < 4.78 is 11.2. The van der Waals surface area contributed by atoms with Crippen LogP contribution in [-0.4, -0.2) is 77.7 Å². The molecule has 25 heavy (non-hydrogen) atoms. The highest BCUT2D eigenvalue weighted by Gasteiger charge is 2.47. The number of carbonyl (C=O) groups excluding carboxylic acids is 2. The Kier molecular flexibility index (Phi) is 4.43. The van der Waals surface area contributed by atoms with E-state index in [4.69, 9.17) is 9.47 Å². The molecule has 3 fully saturated rings. The van der Waals surface area contributed by atoms with Gasteiger partial charge in [-0.2, -0.15) is 0 Å². The number of aryl methyl sites for hydroxylation is 1. The predicted octanol–water partition coefficient (Wildman–Crippen LogP) is 0.621. The first-order valence-electron chi connectivity index (χ1n) is 8.87. The molecule has 7 heteroatoms. The van der Waals surface area contributed by atoms with Crippen LogP contribution >= 0.6 is 0 Å². The maximum Gasteiger partial charge on any atom is 0.272 e. The molecule has 3 aliphatic rings. The summed E-state index contributed by atoms with van der Waals surface area (Å²) in [7, 11) is 0. The van der Waals surface area contributed by atoms with Crippen LogP contribution in [0.5, 0.6) is 0 Å². The highest BCUT2D eigenvalue weighted by Crippen LogP contribution is 2.29. The van der Waals surface area contributed by atoms with Crippen LogP contribution in [-0.2, 0) is 14.3 Å². The summed E-state index contributed by atoms with van der Waals surface area (Å²) in [5, 5.41) is 0. The molecule has 134 valence electrons. The number of hydrogen-bond donors (Lipinski definition) is 0. The Morgan fingerprint density at radius 1 is 1.24 bits per heavy atom. The first-order chi connectivity index (χ1) is 12.1. The molecule has 0 radical (unpaired) electrons. The molecule has 4 rings (SSSR count). The fourth-order valence-electron chi connectivity index (χ4n) is 4.05. The van der Waals surface area contributed by atoms with Gasteiger partial charge in [-0.05, 0) is 31.9 Å². The van der Waals surface area contributed by atoms with Gasteiger partial charge in [-0.15, -0.1) is 0 Å². The van der Waals surface area contributed by atoms with E-state index in [1.807, 2.05) is 24.0 Å². The fourth-order valence-corrected chi connectivity index (χ4v) is 4.05. The lowest BCUT2D eigenvalue weighted by Crippen LogP contribution is -2.58. The summed E-state index contributed by atoms with van der Waals surface area (Å²) in [6, 6.07) is 5.56. The second kappa shape index (κ2) is 6.72. The minimum Gasteiger partial charge on any atom is -0.381 e. The van der Waals surface area contributed by atoms with Crippen molar-refractivity contribution in [2.45, 2.75) is 38.0 Å². The molecule has 3 saturated heterocycles. The number of amides is 2. The van der Waals surface area contributed by atoms with Crippen molar-refractivity contribution in [3.05, 3.63) is 29.6 Å². The van der Waals surface area contributed by atoms with E-state index in [-0.39, 0.29) is 36.6 Å². The fraction of sp³-hybridized carbons (Fsp3) is 0.611. The Morgan fingerprint density at radius 3 is 2.80 bits per heavy atom. The molecular formula is C18H23N3O4. The standard InChI is InChI=1S/C18H23N3O4/c1-12-3-2-4-14(19-12)18(23)20-9-15-16(10-20)25-11-17(22)21(15)13-5-7-24-8-6-13/h2-4,13,15-16H,5-11H2,1H3/t15-,16-/m0/s1. The molecule has 2 atom stereocenters. The Morgan fingerprint density at radius 2 is 2.04 bits per heavy atom. The molecule has 0 aliphatic carbocycles. The second-order valence-corrected chi connectivity index (χ2v) is 6.94. The van der Waals surface area contributed by atoms with Gasteiger partial charge in [0.05, 0.1) is 12.1 Å². The number of rotatable bonds is 2. The van der Waals surface area contributed by atoms with E-state index in [0.717, 1.165) is 18.5 Å². The predicted molar refractivity (Wildman–Crippen MR) is 89.1 cm³/mol. The molecular weight excluding hydrogens is 322 g/mol. The molecule has 3 aliphatic heterocycles. The smallest absolute Gasteiger partial charge is 0.272 e. The van der Waals surface area contributed by atoms with Crippen molar-refractivity contribution in [3.8, 4) is 0 Å². The van der Waals surface area contributed by atoms with Gasteiger partial charge >= 0.3 is 0 Å². The first kappa shape index (κ1) is 16.5. The van der Waals surface area contributed by atoms with Crippen molar-refractivity contribution in [2.24, 2.45) is 0 Å². The number of likely N-dealkylation sites (tertiary alicyclic amines) is 1. The van der Waals surface area contributed by atoms with Gasteiger partial charge in [0.1, 0.15) is 12.3 Å². The number of ether oxygens (including phenoxy) is 2. The topological polar surface area (TPSA) is 72.0 Å². The minimum absolute atomic E-state index is 0.0242. The third-order valence-electron chi connectivity index (χ3n) is 5.28. The Balaban J connectivity index is 1.52. The second-order valence-electron chi connectivity index (χ2n) is 6.94. The zero-order valence-electron chi connectivity index (χ0n) is 14.4. The van der Waals surface area contributed by atoms with Crippen LogP contribution in [0, 0.1) is 6.92 Å². The molecule has 0 bridgehead atoms. The maximum absolute atomic E-state index is 12.8. The van der Waals surface area contributed by atoms with Crippen LogP contribution in [0.4, 0.5) is 0 Å². The van der Waals surface area contributed by atoms with Gasteiger partial charge in [-0.1, -0.05) is 6.07 Å². The van der Waals surface area contributed by atoms with E-state index in [1.165, 1.54) is 0 Å². The van der Waals surface area contributed by atoms with Crippen LogP contribution in [0.25, 0.3) is 0 Å². The molecule has 0 unspecified atom stereocenters. The van der Waals surface area contributed by atoms with Crippen LogP contribution in [0.1, 0.15) is 29.0 Å². The molecule has 2 amide bonds. The molecule has 4 heterocycles. The highest BCUT2D eigenvalue weighted by atomic mass is 16.5. The number of aromatic nitrogens is 1. The lowest BCUT2D eigenvalue weighted by Gasteiger charge is -2.43. The normalized spacial score (nSPS) is 27.5. The number of hydrogen-bond acceptors (Lipinski definition) is 5. The van der Waals surface area contributed by atoms with E-state index >= 15 is 0 Å². The van der Waals surface area contributed by atoms with Crippen LogP contribution in [0.15, 0.2) is 18.2 Å². The lowest BCUT2D eigenvalue weighted by atomic mass is 10.0. The highest BCUT2D eigenvalue weighted by molar-refractivity contribution is 5.92. The van der Waals surface area contributed by atoms with Crippen molar-refractivity contribution in [2.75, 3.05) is 32.9 Å². The molecule has 1 aromatic rings. The summed E-state index contributed by atoms with van der Waals surface area (Å²) in [4.78, 5) is 33.3. The third-order valence-corrected chi connectivity index (χ3v) is 5.28. The summed E-state index contributed by atoms with van der Waals surface area (Å²) in [6.07, 6.45) is 1.58. The molecule has 1 aromatic heterocycles. The monoisotopic (exact) mass is 345 g/mol. The minimum atomic E-state index is -0.116. The van der Waals surface area contributed by atoms with Crippen molar-refractivity contribution in [1.82, 2.24) is 14.8 Å². The molecule has 0 saturated carbocycles. The van der Waals surface area contributed by atoms with Gasteiger partial charge in [0, 0.05) is 38.0 Å². The van der Waals surface area contributed by atoms with E-state index in [0.29, 0.717) is 32.0 Å². The van der Waals surface area contributed by atoms with E-state index in [1.54, 1.807) is 11.0 Å². The number of morpholine rings is 1. The summed E-state index contributed by atoms with van der Waals surface area (Å²) in [5.41, 5.74) is 1.26. The van der Waals surface area contributed by atoms with Gasteiger partial charge in [0.15, 0.2) is 0 Å². The Labute approximate surface area is 146 Å². The van der Waals surface area contributed by atoms with Crippen LogP contribution in [0.2, 0.25) is 0 Å². The van der Waals surface area contributed by atoms with E-state index < -0.39 is 0 Å². The van der Waals surface area contributed by atoms with Gasteiger partial charge in [0.25, 0.3) is 5.91 Å². The first-order valence-corrected chi connectivity index (χ1v) is 8.87. The average Bonchev–Trinajstić information content (AvgIpc) is 3.06. The summed E-state index contributed by atoms with van der Waals surface area (Å²) in [6.45, 7) is 4.35. The average molecular weight is 345 g/mol. The van der Waals surface area contributed by atoms with Gasteiger partial charge in [0.2, 0.25) is 5.91 Å². The number of carbonyl (C=O) groups is 2. The number of pyridine rings is 1. The van der Waals surface area contributed by atoms with Crippen LogP contribution in [0.3, 0.4) is 0 Å². The van der Waals surface area contributed by atoms with E-state index in [9.17, 15) is 9.59 Å². The van der Waals surface area contributed by atoms with Crippen molar-refractivity contribution >= 4 is 11.8 Å². The molecule has 0 spiro atoms. The van der Waals surface area contributed by atoms with Crippen LogP contribution < -0.4 is 0 Å². The number of fused-ring (bicyclic) bond motifs is 1. The van der Waals surface area contributed by atoms with Gasteiger partial charge in [-0.3, -0.25) is 9.59 Å². The lowest BCUT2D eigenvalue weighted by molar-refractivity contribution is -0.159. The summed E-state index contributed by atoms with van der Waals surface area (Å²) >= 11 is 0. The van der Waals surface area contributed by atoms with Gasteiger partial charge in [-0.25, -0.2) is 4.98 Å². The maximum atomic E-state index is 12.8. The Hall–Kier alpha value is -1.99. The third kappa shape index (κ3) is 3.14. The molecule has 7 nitrogen and oxygen atoms in total. The zero-order chi connectivity index (χ0) is 17.4.